The fourth-order valence-corrected chi connectivity index (χ4v) is 1.96. The van der Waals surface area contributed by atoms with Crippen molar-refractivity contribution in [2.75, 3.05) is 0 Å². The van der Waals surface area contributed by atoms with E-state index in [1.165, 1.54) is 5.56 Å². The Labute approximate surface area is 105 Å². The highest BCUT2D eigenvalue weighted by molar-refractivity contribution is 5.74. The molecule has 3 aromatic rings. The van der Waals surface area contributed by atoms with Gasteiger partial charge in [-0.2, -0.15) is 5.10 Å². The van der Waals surface area contributed by atoms with Gasteiger partial charge in [-0.1, -0.05) is 12.1 Å². The van der Waals surface area contributed by atoms with Crippen LogP contribution in [0.4, 0.5) is 0 Å². The molecule has 0 radical (unpaired) electrons. The summed E-state index contributed by atoms with van der Waals surface area (Å²) >= 11 is 0. The van der Waals surface area contributed by atoms with Gasteiger partial charge in [-0.05, 0) is 19.1 Å². The summed E-state index contributed by atoms with van der Waals surface area (Å²) in [6.45, 7) is 3.53. The molecule has 0 saturated heterocycles. The van der Waals surface area contributed by atoms with Crippen LogP contribution in [0.25, 0.3) is 11.0 Å². The largest absolute Gasteiger partial charge is 0.341 e. The summed E-state index contributed by atoms with van der Waals surface area (Å²) in [7, 11) is 0. The van der Waals surface area contributed by atoms with Gasteiger partial charge in [-0.3, -0.25) is 5.10 Å². The number of rotatable bonds is 4. The smallest absolute Gasteiger partial charge is 0.121 e. The first-order chi connectivity index (χ1) is 8.83. The first-order valence-electron chi connectivity index (χ1n) is 5.96. The Morgan fingerprint density at radius 2 is 2.11 bits per heavy atom. The maximum atomic E-state index is 4.51. The molecule has 0 aliphatic heterocycles. The molecule has 3 N–H and O–H groups in total. The molecule has 0 atom stereocenters. The van der Waals surface area contributed by atoms with Crippen molar-refractivity contribution in [1.82, 2.24) is 25.5 Å². The molecule has 0 amide bonds. The van der Waals surface area contributed by atoms with Crippen LogP contribution in [-0.2, 0) is 13.1 Å². The van der Waals surface area contributed by atoms with Crippen molar-refractivity contribution in [3.05, 3.63) is 47.5 Å². The van der Waals surface area contributed by atoms with Gasteiger partial charge in [0, 0.05) is 17.8 Å². The number of benzene rings is 1. The summed E-state index contributed by atoms with van der Waals surface area (Å²) in [6.07, 6.45) is 1.85. The van der Waals surface area contributed by atoms with E-state index in [9.17, 15) is 0 Å². The van der Waals surface area contributed by atoms with Gasteiger partial charge in [0.15, 0.2) is 0 Å². The molecule has 0 unspecified atom stereocenters. The Morgan fingerprint density at radius 3 is 2.89 bits per heavy atom. The van der Waals surface area contributed by atoms with Crippen LogP contribution in [0.5, 0.6) is 0 Å². The van der Waals surface area contributed by atoms with Crippen LogP contribution in [0.15, 0.2) is 30.5 Å². The number of aryl methyl sites for hydroxylation is 1. The van der Waals surface area contributed by atoms with Gasteiger partial charge in [0.05, 0.1) is 23.8 Å². The van der Waals surface area contributed by atoms with Gasteiger partial charge in [0.25, 0.3) is 0 Å². The number of nitrogens with zero attached hydrogens (tertiary/aromatic N) is 2. The Kier molecular flexibility index (Phi) is 2.82. The number of aromatic nitrogens is 4. The molecule has 5 heteroatoms. The molecule has 2 heterocycles. The number of aromatic amines is 2. The summed E-state index contributed by atoms with van der Waals surface area (Å²) in [5.41, 5.74) is 4.38. The quantitative estimate of drug-likeness (QED) is 0.653. The number of para-hydroxylation sites is 2. The second-order valence-corrected chi connectivity index (χ2v) is 4.32. The van der Waals surface area contributed by atoms with Gasteiger partial charge in [0.2, 0.25) is 0 Å². The molecular weight excluding hydrogens is 226 g/mol. The van der Waals surface area contributed by atoms with Crippen molar-refractivity contribution in [2.24, 2.45) is 0 Å². The summed E-state index contributed by atoms with van der Waals surface area (Å²) in [5, 5.41) is 10.3. The third-order valence-electron chi connectivity index (χ3n) is 2.98. The van der Waals surface area contributed by atoms with E-state index in [4.69, 9.17) is 0 Å². The molecule has 0 fully saturated rings. The molecule has 0 bridgehead atoms. The van der Waals surface area contributed by atoms with E-state index < -0.39 is 0 Å². The second-order valence-electron chi connectivity index (χ2n) is 4.32. The van der Waals surface area contributed by atoms with Crippen LogP contribution in [0, 0.1) is 6.92 Å². The molecule has 1 aromatic carbocycles. The number of hydrogen-bond donors (Lipinski definition) is 3. The van der Waals surface area contributed by atoms with Crippen molar-refractivity contribution >= 4 is 11.0 Å². The van der Waals surface area contributed by atoms with Crippen LogP contribution < -0.4 is 5.32 Å². The normalized spacial score (nSPS) is 11.2. The molecule has 5 nitrogen and oxygen atoms in total. The van der Waals surface area contributed by atoms with E-state index in [0.29, 0.717) is 0 Å². The molecule has 0 aliphatic rings. The molecule has 92 valence electrons. The lowest BCUT2D eigenvalue weighted by atomic mass is 10.2. The van der Waals surface area contributed by atoms with E-state index >= 15 is 0 Å². The molecule has 18 heavy (non-hydrogen) atoms. The Balaban J connectivity index is 1.65. The Hall–Kier alpha value is -2.14. The summed E-state index contributed by atoms with van der Waals surface area (Å²) < 4.78 is 0. The first kappa shape index (κ1) is 11.0. The zero-order valence-electron chi connectivity index (χ0n) is 10.2. The van der Waals surface area contributed by atoms with Crippen LogP contribution in [-0.4, -0.2) is 20.2 Å². The lowest BCUT2D eigenvalue weighted by Crippen LogP contribution is -2.13. The lowest BCUT2D eigenvalue weighted by Gasteiger charge is -2.00. The fourth-order valence-electron chi connectivity index (χ4n) is 1.96. The first-order valence-corrected chi connectivity index (χ1v) is 5.96. The number of fused-ring (bicyclic) bond motifs is 1. The van der Waals surface area contributed by atoms with E-state index in [0.717, 1.165) is 35.6 Å². The summed E-state index contributed by atoms with van der Waals surface area (Å²) in [6, 6.07) is 8.05. The molecule has 0 saturated carbocycles. The van der Waals surface area contributed by atoms with Crippen molar-refractivity contribution in [3.63, 3.8) is 0 Å². The minimum Gasteiger partial charge on any atom is -0.341 e. The van der Waals surface area contributed by atoms with Gasteiger partial charge < -0.3 is 10.3 Å². The Bertz CT molecular complexity index is 619. The molecule has 3 rings (SSSR count). The molecular formula is C13H15N5. The topological polar surface area (TPSA) is 69.4 Å². The third kappa shape index (κ3) is 2.12. The molecule has 0 spiro atoms. The zero-order chi connectivity index (χ0) is 12.4. The van der Waals surface area contributed by atoms with Crippen molar-refractivity contribution < 1.29 is 0 Å². The number of H-pyrrole nitrogens is 2. The fraction of sp³-hybridized carbons (Fsp3) is 0.231. The van der Waals surface area contributed by atoms with Gasteiger partial charge in [-0.15, -0.1) is 0 Å². The summed E-state index contributed by atoms with van der Waals surface area (Å²) in [5.74, 6) is 0.956. The predicted octanol–water partition coefficient (Wildman–Crippen LogP) is 1.88. The van der Waals surface area contributed by atoms with Gasteiger partial charge in [0.1, 0.15) is 5.82 Å². The number of imidazole rings is 1. The summed E-state index contributed by atoms with van der Waals surface area (Å²) in [4.78, 5) is 7.81. The highest BCUT2D eigenvalue weighted by Crippen LogP contribution is 2.10. The lowest BCUT2D eigenvalue weighted by molar-refractivity contribution is 0.668. The van der Waals surface area contributed by atoms with Crippen molar-refractivity contribution in [2.45, 2.75) is 20.0 Å². The Morgan fingerprint density at radius 1 is 1.22 bits per heavy atom. The van der Waals surface area contributed by atoms with Crippen LogP contribution >= 0.6 is 0 Å². The monoisotopic (exact) mass is 241 g/mol. The highest BCUT2D eigenvalue weighted by Gasteiger charge is 2.03. The number of hydrogen-bond acceptors (Lipinski definition) is 3. The minimum atomic E-state index is 0.722. The number of nitrogens with one attached hydrogen (secondary N) is 3. The van der Waals surface area contributed by atoms with Crippen molar-refractivity contribution in [3.8, 4) is 0 Å². The third-order valence-corrected chi connectivity index (χ3v) is 2.98. The predicted molar refractivity (Wildman–Crippen MR) is 70.0 cm³/mol. The average Bonchev–Trinajstić information content (AvgIpc) is 2.96. The van der Waals surface area contributed by atoms with E-state index in [1.807, 2.05) is 37.4 Å². The van der Waals surface area contributed by atoms with Crippen molar-refractivity contribution in [1.29, 1.82) is 0 Å². The zero-order valence-corrected chi connectivity index (χ0v) is 10.2. The maximum absolute atomic E-state index is 4.51. The SMILES string of the molecule is Cc1[nH]ncc1CNCc1nc2ccccc2[nH]1. The van der Waals surface area contributed by atoms with Gasteiger partial charge in [-0.25, -0.2) is 4.98 Å². The highest BCUT2D eigenvalue weighted by atomic mass is 15.1. The molecule has 2 aromatic heterocycles. The van der Waals surface area contributed by atoms with Crippen LogP contribution in [0.3, 0.4) is 0 Å². The van der Waals surface area contributed by atoms with Crippen LogP contribution in [0.1, 0.15) is 17.1 Å². The van der Waals surface area contributed by atoms with E-state index in [-0.39, 0.29) is 0 Å². The van der Waals surface area contributed by atoms with E-state index in [1.54, 1.807) is 0 Å². The van der Waals surface area contributed by atoms with Gasteiger partial charge >= 0.3 is 0 Å². The average molecular weight is 241 g/mol. The second kappa shape index (κ2) is 4.62. The minimum absolute atomic E-state index is 0.722. The standard InChI is InChI=1S/C13H15N5/c1-9-10(7-15-18-9)6-14-8-13-16-11-4-2-3-5-12(11)17-13/h2-5,7,14H,6,8H2,1H3,(H,15,18)(H,16,17). The van der Waals surface area contributed by atoms with Crippen LogP contribution in [0.2, 0.25) is 0 Å². The molecule has 0 aliphatic carbocycles. The van der Waals surface area contributed by atoms with E-state index in [2.05, 4.69) is 25.5 Å². The maximum Gasteiger partial charge on any atom is 0.121 e.